The van der Waals surface area contributed by atoms with E-state index in [9.17, 15) is 8.78 Å². The van der Waals surface area contributed by atoms with Gasteiger partial charge in [-0.3, -0.25) is 0 Å². The molecule has 0 aliphatic heterocycles. The zero-order valence-electron chi connectivity index (χ0n) is 11.0. The summed E-state index contributed by atoms with van der Waals surface area (Å²) in [6.45, 7) is 0.125. The number of nitrogens with zero attached hydrogens (tertiary/aromatic N) is 3. The molecule has 0 aliphatic rings. The van der Waals surface area contributed by atoms with Crippen molar-refractivity contribution in [3.8, 4) is 16.9 Å². The average molecular weight is 286 g/mol. The van der Waals surface area contributed by atoms with Crippen molar-refractivity contribution in [2.24, 2.45) is 5.73 Å². The minimum absolute atomic E-state index is 0.125. The van der Waals surface area contributed by atoms with E-state index in [0.29, 0.717) is 17.0 Å². The fraction of sp³-hybridized carbons (Fsp3) is 0.0667. The van der Waals surface area contributed by atoms with Gasteiger partial charge in [-0.2, -0.15) is 0 Å². The lowest BCUT2D eigenvalue weighted by molar-refractivity contribution is 0.607. The Kier molecular flexibility index (Phi) is 3.45. The normalized spacial score (nSPS) is 10.8. The van der Waals surface area contributed by atoms with Crippen LogP contribution < -0.4 is 5.73 Å². The third-order valence-electron chi connectivity index (χ3n) is 3.11. The second-order valence-corrected chi connectivity index (χ2v) is 4.46. The number of para-hydroxylation sites is 1. The molecule has 0 unspecified atom stereocenters. The molecular weight excluding hydrogens is 274 g/mol. The third kappa shape index (κ3) is 2.41. The number of nitrogens with two attached hydrogens (primary N) is 1. The highest BCUT2D eigenvalue weighted by atomic mass is 19.1. The van der Waals surface area contributed by atoms with Crippen LogP contribution in [0.25, 0.3) is 16.9 Å². The van der Waals surface area contributed by atoms with E-state index in [4.69, 9.17) is 5.73 Å². The van der Waals surface area contributed by atoms with Gasteiger partial charge in [-0.15, -0.1) is 5.10 Å². The van der Waals surface area contributed by atoms with Gasteiger partial charge in [-0.25, -0.2) is 13.5 Å². The van der Waals surface area contributed by atoms with Crippen molar-refractivity contribution in [1.29, 1.82) is 0 Å². The monoisotopic (exact) mass is 286 g/mol. The third-order valence-corrected chi connectivity index (χ3v) is 3.11. The Morgan fingerprint density at radius 3 is 2.57 bits per heavy atom. The lowest BCUT2D eigenvalue weighted by Crippen LogP contribution is -2.04. The zero-order chi connectivity index (χ0) is 14.8. The molecule has 4 nitrogen and oxygen atoms in total. The highest BCUT2D eigenvalue weighted by molar-refractivity contribution is 5.64. The fourth-order valence-electron chi connectivity index (χ4n) is 2.17. The molecule has 3 rings (SSSR count). The largest absolute Gasteiger partial charge is 0.325 e. The fourth-order valence-corrected chi connectivity index (χ4v) is 2.17. The van der Waals surface area contributed by atoms with E-state index < -0.39 is 11.6 Å². The smallest absolute Gasteiger partial charge is 0.148 e. The van der Waals surface area contributed by atoms with Crippen LogP contribution in [0, 0.1) is 11.6 Å². The highest BCUT2D eigenvalue weighted by Gasteiger charge is 2.17. The Balaban J connectivity index is 2.24. The van der Waals surface area contributed by atoms with Gasteiger partial charge in [-0.1, -0.05) is 29.5 Å². The van der Waals surface area contributed by atoms with Crippen molar-refractivity contribution in [3.05, 3.63) is 65.9 Å². The molecule has 106 valence electrons. The van der Waals surface area contributed by atoms with Crippen molar-refractivity contribution < 1.29 is 8.78 Å². The second-order valence-electron chi connectivity index (χ2n) is 4.46. The maximum Gasteiger partial charge on any atom is 0.148 e. The summed E-state index contributed by atoms with van der Waals surface area (Å²) in [4.78, 5) is 0. The maximum atomic E-state index is 14.0. The molecule has 0 saturated carbocycles. The first-order valence-electron chi connectivity index (χ1n) is 6.36. The molecule has 1 aromatic heterocycles. The molecule has 21 heavy (non-hydrogen) atoms. The van der Waals surface area contributed by atoms with Gasteiger partial charge < -0.3 is 5.73 Å². The Morgan fingerprint density at radius 1 is 1.05 bits per heavy atom. The van der Waals surface area contributed by atoms with Crippen LogP contribution in [0.15, 0.2) is 48.5 Å². The minimum Gasteiger partial charge on any atom is -0.325 e. The van der Waals surface area contributed by atoms with E-state index in [2.05, 4.69) is 10.3 Å². The van der Waals surface area contributed by atoms with Gasteiger partial charge in [0.05, 0.1) is 5.69 Å². The van der Waals surface area contributed by atoms with Gasteiger partial charge in [0.15, 0.2) is 0 Å². The van der Waals surface area contributed by atoms with E-state index in [-0.39, 0.29) is 12.2 Å². The summed E-state index contributed by atoms with van der Waals surface area (Å²) in [7, 11) is 0. The summed E-state index contributed by atoms with van der Waals surface area (Å²) in [5, 5.41) is 7.91. The molecule has 6 heteroatoms. The zero-order valence-corrected chi connectivity index (χ0v) is 11.0. The Hall–Kier alpha value is -2.60. The Bertz CT molecular complexity index is 783. The topological polar surface area (TPSA) is 56.7 Å². The van der Waals surface area contributed by atoms with Gasteiger partial charge in [0.25, 0.3) is 0 Å². The van der Waals surface area contributed by atoms with Crippen LogP contribution in [-0.4, -0.2) is 15.0 Å². The molecule has 0 radical (unpaired) electrons. The van der Waals surface area contributed by atoms with Crippen LogP contribution in [-0.2, 0) is 6.54 Å². The second kappa shape index (κ2) is 5.41. The molecule has 2 N–H and O–H groups in total. The summed E-state index contributed by atoms with van der Waals surface area (Å²) in [6, 6.07) is 12.1. The summed E-state index contributed by atoms with van der Waals surface area (Å²) < 4.78 is 28.8. The van der Waals surface area contributed by atoms with Crippen molar-refractivity contribution in [3.63, 3.8) is 0 Å². The van der Waals surface area contributed by atoms with Crippen molar-refractivity contribution >= 4 is 0 Å². The predicted molar refractivity (Wildman–Crippen MR) is 74.6 cm³/mol. The van der Waals surface area contributed by atoms with Gasteiger partial charge >= 0.3 is 0 Å². The van der Waals surface area contributed by atoms with Crippen LogP contribution in [0.3, 0.4) is 0 Å². The molecule has 0 fully saturated rings. The SMILES string of the molecule is NCc1nnn(-c2ccccc2F)c1-c1cccc(F)c1. The summed E-state index contributed by atoms with van der Waals surface area (Å²) in [5.41, 5.74) is 7.40. The van der Waals surface area contributed by atoms with Crippen molar-refractivity contribution in [1.82, 2.24) is 15.0 Å². The van der Waals surface area contributed by atoms with E-state index in [1.54, 1.807) is 30.3 Å². The Labute approximate surface area is 119 Å². The quantitative estimate of drug-likeness (QED) is 0.805. The molecule has 3 aromatic rings. The summed E-state index contributed by atoms with van der Waals surface area (Å²) in [5.74, 6) is -0.833. The van der Waals surface area contributed by atoms with E-state index >= 15 is 0 Å². The summed E-state index contributed by atoms with van der Waals surface area (Å²) in [6.07, 6.45) is 0. The molecule has 1 heterocycles. The van der Waals surface area contributed by atoms with Crippen LogP contribution in [0.2, 0.25) is 0 Å². The van der Waals surface area contributed by atoms with Crippen LogP contribution in [0.4, 0.5) is 8.78 Å². The Morgan fingerprint density at radius 2 is 1.86 bits per heavy atom. The maximum absolute atomic E-state index is 14.0. The average Bonchev–Trinajstić information content (AvgIpc) is 2.91. The number of hydrogen-bond donors (Lipinski definition) is 1. The molecule has 0 aliphatic carbocycles. The molecule has 0 saturated heterocycles. The van der Waals surface area contributed by atoms with E-state index in [1.807, 2.05) is 0 Å². The molecule has 0 bridgehead atoms. The number of aromatic nitrogens is 3. The number of hydrogen-bond acceptors (Lipinski definition) is 3. The lowest BCUT2D eigenvalue weighted by atomic mass is 10.1. The van der Waals surface area contributed by atoms with Gasteiger partial charge in [0.2, 0.25) is 0 Å². The summed E-state index contributed by atoms with van der Waals surface area (Å²) >= 11 is 0. The van der Waals surface area contributed by atoms with Crippen LogP contribution in [0.1, 0.15) is 5.69 Å². The molecule has 0 atom stereocenters. The number of halogens is 2. The van der Waals surface area contributed by atoms with Gasteiger partial charge in [-0.05, 0) is 24.3 Å². The molecular formula is C15H12F2N4. The van der Waals surface area contributed by atoms with Gasteiger partial charge in [0, 0.05) is 12.1 Å². The van der Waals surface area contributed by atoms with Crippen molar-refractivity contribution in [2.75, 3.05) is 0 Å². The molecule has 0 amide bonds. The standard InChI is InChI=1S/C15H12F2N4/c16-11-5-3-4-10(8-11)15-13(9-18)19-20-21(15)14-7-2-1-6-12(14)17/h1-8H,9,18H2. The van der Waals surface area contributed by atoms with Crippen molar-refractivity contribution in [2.45, 2.75) is 6.54 Å². The molecule has 2 aromatic carbocycles. The van der Waals surface area contributed by atoms with E-state index in [1.165, 1.54) is 22.9 Å². The minimum atomic E-state index is -0.441. The first-order chi connectivity index (χ1) is 10.2. The lowest BCUT2D eigenvalue weighted by Gasteiger charge is -2.08. The van der Waals surface area contributed by atoms with Crippen LogP contribution in [0.5, 0.6) is 0 Å². The predicted octanol–water partition coefficient (Wildman–Crippen LogP) is 2.67. The van der Waals surface area contributed by atoms with Gasteiger partial charge in [0.1, 0.15) is 23.0 Å². The number of rotatable bonds is 3. The van der Waals surface area contributed by atoms with E-state index in [0.717, 1.165) is 0 Å². The first-order valence-corrected chi connectivity index (χ1v) is 6.36. The van der Waals surface area contributed by atoms with Crippen LogP contribution >= 0.6 is 0 Å². The highest BCUT2D eigenvalue weighted by Crippen LogP contribution is 2.26. The molecule has 0 spiro atoms. The number of benzene rings is 2. The first kappa shape index (κ1) is 13.4.